The number of para-hydroxylation sites is 1. The van der Waals surface area contributed by atoms with E-state index in [-0.39, 0.29) is 0 Å². The molecular formula is C18H15N3O. The van der Waals surface area contributed by atoms with Crippen molar-refractivity contribution in [1.29, 1.82) is 0 Å². The minimum atomic E-state index is 0.671. The summed E-state index contributed by atoms with van der Waals surface area (Å²) in [6.45, 7) is 2.73. The van der Waals surface area contributed by atoms with E-state index in [4.69, 9.17) is 0 Å². The van der Waals surface area contributed by atoms with Crippen molar-refractivity contribution in [3.63, 3.8) is 0 Å². The molecule has 4 aromatic rings. The molecule has 0 aliphatic rings. The van der Waals surface area contributed by atoms with Gasteiger partial charge >= 0.3 is 0 Å². The molecule has 4 nitrogen and oxygen atoms in total. The number of aromatic nitrogens is 3. The van der Waals surface area contributed by atoms with E-state index in [9.17, 15) is 5.21 Å². The van der Waals surface area contributed by atoms with Crippen LogP contribution in [0.2, 0.25) is 0 Å². The van der Waals surface area contributed by atoms with Crippen molar-refractivity contribution in [1.82, 2.24) is 9.55 Å². The predicted octanol–water partition coefficient (Wildman–Crippen LogP) is 3.18. The minimum absolute atomic E-state index is 0.671. The molecule has 0 spiro atoms. The van der Waals surface area contributed by atoms with Gasteiger partial charge in [-0.3, -0.25) is 0 Å². The molecule has 0 atom stereocenters. The molecule has 2 aromatic heterocycles. The molecule has 4 heteroatoms. The quantitative estimate of drug-likeness (QED) is 0.420. The lowest BCUT2D eigenvalue weighted by molar-refractivity contribution is -0.575. The molecule has 0 aliphatic heterocycles. The van der Waals surface area contributed by atoms with E-state index in [1.165, 1.54) is 5.56 Å². The normalized spacial score (nSPS) is 11.3. The lowest BCUT2D eigenvalue weighted by Crippen LogP contribution is -2.26. The summed E-state index contributed by atoms with van der Waals surface area (Å²) in [7, 11) is 0. The number of rotatable bonds is 2. The smallest absolute Gasteiger partial charge is 0.226 e. The lowest BCUT2D eigenvalue weighted by Gasteiger charge is -2.09. The van der Waals surface area contributed by atoms with Crippen molar-refractivity contribution < 1.29 is 4.73 Å². The molecule has 0 unspecified atom stereocenters. The number of nitrogens with zero attached hydrogens (tertiary/aromatic N) is 3. The highest BCUT2D eigenvalue weighted by Gasteiger charge is 2.16. The molecule has 2 heterocycles. The van der Waals surface area contributed by atoms with Crippen molar-refractivity contribution in [3.8, 4) is 0 Å². The summed E-state index contributed by atoms with van der Waals surface area (Å²) in [4.78, 5) is 4.56. The Labute approximate surface area is 127 Å². The molecule has 0 bridgehead atoms. The monoisotopic (exact) mass is 289 g/mol. The fourth-order valence-corrected chi connectivity index (χ4v) is 2.97. The van der Waals surface area contributed by atoms with Crippen LogP contribution in [-0.2, 0) is 6.54 Å². The second-order valence-corrected chi connectivity index (χ2v) is 5.44. The summed E-state index contributed by atoms with van der Waals surface area (Å²) < 4.78 is 3.07. The first-order chi connectivity index (χ1) is 10.7. The van der Waals surface area contributed by atoms with Crippen LogP contribution in [0.3, 0.4) is 0 Å². The van der Waals surface area contributed by atoms with Crippen LogP contribution in [0.1, 0.15) is 11.4 Å². The summed E-state index contributed by atoms with van der Waals surface area (Å²) in [5, 5.41) is 13.1. The SMILES string of the molecule is Cc1nc2c[n+]([O-])c3ccccc3c2n1Cc1ccccc1. The Morgan fingerprint density at radius 1 is 1.05 bits per heavy atom. The molecule has 4 rings (SSSR count). The Bertz CT molecular complexity index is 974. The predicted molar refractivity (Wildman–Crippen MR) is 86.5 cm³/mol. The third kappa shape index (κ3) is 1.92. The molecule has 0 saturated carbocycles. The molecule has 0 radical (unpaired) electrons. The first-order valence-electron chi connectivity index (χ1n) is 7.26. The Kier molecular flexibility index (Phi) is 2.82. The average Bonchev–Trinajstić information content (AvgIpc) is 2.84. The van der Waals surface area contributed by atoms with Gasteiger partial charge in [0.2, 0.25) is 11.7 Å². The Morgan fingerprint density at radius 2 is 1.77 bits per heavy atom. The van der Waals surface area contributed by atoms with Crippen LogP contribution in [0, 0.1) is 12.1 Å². The highest BCUT2D eigenvalue weighted by atomic mass is 16.5. The van der Waals surface area contributed by atoms with Gasteiger partial charge in [0.25, 0.3) is 0 Å². The van der Waals surface area contributed by atoms with Crippen LogP contribution in [0.4, 0.5) is 0 Å². The molecule has 0 fully saturated rings. The van der Waals surface area contributed by atoms with Gasteiger partial charge in [0.05, 0.1) is 10.9 Å². The zero-order chi connectivity index (χ0) is 15.1. The van der Waals surface area contributed by atoms with Crippen LogP contribution in [0.15, 0.2) is 60.8 Å². The van der Waals surface area contributed by atoms with Crippen molar-refractivity contribution >= 4 is 21.9 Å². The van der Waals surface area contributed by atoms with Crippen LogP contribution < -0.4 is 4.73 Å². The molecule has 0 aliphatic carbocycles. The van der Waals surface area contributed by atoms with Gasteiger partial charge in [0.1, 0.15) is 5.82 Å². The Hall–Kier alpha value is -2.88. The maximum atomic E-state index is 12.1. The Balaban J connectivity index is 2.02. The van der Waals surface area contributed by atoms with E-state index in [1.807, 2.05) is 49.4 Å². The largest absolute Gasteiger partial charge is 0.618 e. The zero-order valence-electron chi connectivity index (χ0n) is 12.2. The summed E-state index contributed by atoms with van der Waals surface area (Å²) in [5.41, 5.74) is 3.64. The zero-order valence-corrected chi connectivity index (χ0v) is 12.2. The van der Waals surface area contributed by atoms with E-state index in [0.717, 1.165) is 33.5 Å². The highest BCUT2D eigenvalue weighted by Crippen LogP contribution is 2.24. The number of pyridine rings is 1. The van der Waals surface area contributed by atoms with Gasteiger partial charge in [0, 0.05) is 12.6 Å². The number of fused-ring (bicyclic) bond motifs is 3. The third-order valence-corrected chi connectivity index (χ3v) is 4.01. The van der Waals surface area contributed by atoms with Gasteiger partial charge in [0.15, 0.2) is 5.52 Å². The average molecular weight is 289 g/mol. The molecular weight excluding hydrogens is 274 g/mol. The topological polar surface area (TPSA) is 44.8 Å². The minimum Gasteiger partial charge on any atom is -0.618 e. The second kappa shape index (κ2) is 4.84. The van der Waals surface area contributed by atoms with Gasteiger partial charge in [-0.25, -0.2) is 4.98 Å². The van der Waals surface area contributed by atoms with Gasteiger partial charge in [-0.1, -0.05) is 42.5 Å². The van der Waals surface area contributed by atoms with Crippen LogP contribution in [-0.4, -0.2) is 9.55 Å². The molecule has 108 valence electrons. The van der Waals surface area contributed by atoms with Gasteiger partial charge in [-0.15, -0.1) is 0 Å². The van der Waals surface area contributed by atoms with Gasteiger partial charge in [-0.05, 0) is 18.6 Å². The van der Waals surface area contributed by atoms with Gasteiger partial charge < -0.3 is 9.77 Å². The van der Waals surface area contributed by atoms with Crippen LogP contribution in [0.25, 0.3) is 21.9 Å². The number of benzene rings is 2. The summed E-state index contributed by atoms with van der Waals surface area (Å²) in [6, 6.07) is 17.9. The summed E-state index contributed by atoms with van der Waals surface area (Å²) in [5.74, 6) is 0.912. The van der Waals surface area contributed by atoms with Crippen molar-refractivity contribution in [3.05, 3.63) is 77.4 Å². The fraction of sp³-hybridized carbons (Fsp3) is 0.111. The van der Waals surface area contributed by atoms with E-state index in [0.29, 0.717) is 5.52 Å². The molecule has 22 heavy (non-hydrogen) atoms. The van der Waals surface area contributed by atoms with Crippen LogP contribution >= 0.6 is 0 Å². The molecule has 0 N–H and O–H groups in total. The molecule has 0 saturated heterocycles. The summed E-state index contributed by atoms with van der Waals surface area (Å²) in [6.07, 6.45) is 1.56. The van der Waals surface area contributed by atoms with E-state index < -0.39 is 0 Å². The van der Waals surface area contributed by atoms with Crippen molar-refractivity contribution in [2.75, 3.05) is 0 Å². The first kappa shape index (κ1) is 12.8. The molecule has 2 aromatic carbocycles. The van der Waals surface area contributed by atoms with E-state index in [1.54, 1.807) is 6.20 Å². The first-order valence-corrected chi connectivity index (χ1v) is 7.26. The van der Waals surface area contributed by atoms with E-state index in [2.05, 4.69) is 21.7 Å². The number of aryl methyl sites for hydroxylation is 1. The highest BCUT2D eigenvalue weighted by molar-refractivity contribution is 6.00. The van der Waals surface area contributed by atoms with Gasteiger partial charge in [-0.2, -0.15) is 4.73 Å². The standard InChI is InChI=1S/C18H15N3O/c1-13-19-16-12-21(22)17-10-6-5-9-15(17)18(16)20(13)11-14-7-3-2-4-8-14/h2-10,12H,11H2,1H3. The number of hydrogen-bond acceptors (Lipinski definition) is 2. The fourth-order valence-electron chi connectivity index (χ4n) is 2.97. The maximum Gasteiger partial charge on any atom is 0.226 e. The lowest BCUT2D eigenvalue weighted by atomic mass is 10.2. The number of imidazole rings is 1. The van der Waals surface area contributed by atoms with Crippen LogP contribution in [0.5, 0.6) is 0 Å². The second-order valence-electron chi connectivity index (χ2n) is 5.44. The Morgan fingerprint density at radius 3 is 2.59 bits per heavy atom. The summed E-state index contributed by atoms with van der Waals surface area (Å²) >= 11 is 0. The molecule has 0 amide bonds. The van der Waals surface area contributed by atoms with Crippen molar-refractivity contribution in [2.45, 2.75) is 13.5 Å². The van der Waals surface area contributed by atoms with E-state index >= 15 is 0 Å². The third-order valence-electron chi connectivity index (χ3n) is 4.01. The number of hydrogen-bond donors (Lipinski definition) is 0. The van der Waals surface area contributed by atoms with Crippen molar-refractivity contribution in [2.24, 2.45) is 0 Å². The maximum absolute atomic E-state index is 12.1.